The molecule has 1 aliphatic heterocycles. The van der Waals surface area contributed by atoms with Crippen molar-refractivity contribution in [2.24, 2.45) is 11.7 Å². The summed E-state index contributed by atoms with van der Waals surface area (Å²) in [6.45, 7) is 13.8. The Kier molecular flexibility index (Phi) is 5.21. The van der Waals surface area contributed by atoms with E-state index in [1.165, 1.54) is 13.1 Å². The van der Waals surface area contributed by atoms with Crippen molar-refractivity contribution in [1.82, 2.24) is 10.2 Å². The number of alkyl carbamates (subject to hydrolysis) is 1. The minimum absolute atomic E-state index is 0.351. The lowest BCUT2D eigenvalue weighted by molar-refractivity contribution is 0.0197. The Morgan fingerprint density at radius 1 is 1.37 bits per heavy atom. The van der Waals surface area contributed by atoms with E-state index in [0.29, 0.717) is 18.9 Å². The fourth-order valence-electron chi connectivity index (χ4n) is 2.44. The number of carbonyl (C=O) groups excluding carboxylic acids is 1. The highest BCUT2D eigenvalue weighted by molar-refractivity contribution is 5.67. The SMILES string of the molecule is CC(CNC(=O)OC(C)(C)CC(C)(C)N)CN1CC1. The van der Waals surface area contributed by atoms with Gasteiger partial charge in [0.1, 0.15) is 5.60 Å². The van der Waals surface area contributed by atoms with E-state index >= 15 is 0 Å². The molecule has 0 radical (unpaired) electrons. The van der Waals surface area contributed by atoms with Crippen LogP contribution in [0.15, 0.2) is 0 Å². The van der Waals surface area contributed by atoms with Crippen LogP contribution in [0.2, 0.25) is 0 Å². The summed E-state index contributed by atoms with van der Waals surface area (Å²) >= 11 is 0. The molecule has 1 heterocycles. The molecule has 1 amide bonds. The molecule has 5 nitrogen and oxygen atoms in total. The summed E-state index contributed by atoms with van der Waals surface area (Å²) in [4.78, 5) is 14.1. The second kappa shape index (κ2) is 6.09. The summed E-state index contributed by atoms with van der Waals surface area (Å²) in [5, 5.41) is 2.83. The molecular formula is C14H29N3O2. The van der Waals surface area contributed by atoms with Gasteiger partial charge in [0.05, 0.1) is 0 Å². The highest BCUT2D eigenvalue weighted by Crippen LogP contribution is 2.21. The first-order valence-electron chi connectivity index (χ1n) is 7.05. The van der Waals surface area contributed by atoms with Gasteiger partial charge in [-0.2, -0.15) is 0 Å². The molecule has 19 heavy (non-hydrogen) atoms. The van der Waals surface area contributed by atoms with Crippen molar-refractivity contribution in [2.45, 2.75) is 52.2 Å². The van der Waals surface area contributed by atoms with Gasteiger partial charge in [0.2, 0.25) is 0 Å². The maximum atomic E-state index is 11.8. The maximum Gasteiger partial charge on any atom is 0.407 e. The first-order chi connectivity index (χ1) is 8.57. The molecule has 1 fully saturated rings. The van der Waals surface area contributed by atoms with Gasteiger partial charge in [0.15, 0.2) is 0 Å². The van der Waals surface area contributed by atoms with Crippen LogP contribution in [0, 0.1) is 5.92 Å². The molecule has 0 spiro atoms. The molecule has 0 aromatic heterocycles. The minimum atomic E-state index is -0.550. The van der Waals surface area contributed by atoms with Crippen LogP contribution < -0.4 is 11.1 Å². The van der Waals surface area contributed by atoms with E-state index in [0.717, 1.165) is 6.54 Å². The Hall–Kier alpha value is -0.810. The molecule has 0 aromatic rings. The zero-order valence-electron chi connectivity index (χ0n) is 13.0. The number of amides is 1. The summed E-state index contributed by atoms with van der Waals surface area (Å²) in [6, 6.07) is 0. The zero-order valence-corrected chi connectivity index (χ0v) is 13.0. The van der Waals surface area contributed by atoms with E-state index in [9.17, 15) is 4.79 Å². The van der Waals surface area contributed by atoms with Crippen molar-refractivity contribution >= 4 is 6.09 Å². The van der Waals surface area contributed by atoms with Crippen LogP contribution in [0.4, 0.5) is 4.79 Å². The van der Waals surface area contributed by atoms with Crippen molar-refractivity contribution in [3.05, 3.63) is 0 Å². The van der Waals surface area contributed by atoms with E-state index < -0.39 is 5.60 Å². The number of nitrogens with two attached hydrogens (primary N) is 1. The summed E-state index contributed by atoms with van der Waals surface area (Å²) in [6.07, 6.45) is 0.267. The fourth-order valence-corrected chi connectivity index (χ4v) is 2.44. The third-order valence-electron chi connectivity index (χ3n) is 2.95. The monoisotopic (exact) mass is 271 g/mol. The van der Waals surface area contributed by atoms with Crippen LogP contribution in [-0.4, -0.2) is 48.3 Å². The number of hydrogen-bond donors (Lipinski definition) is 2. The Labute approximate surface area is 116 Å². The molecule has 1 aliphatic rings. The van der Waals surface area contributed by atoms with Crippen LogP contribution >= 0.6 is 0 Å². The van der Waals surface area contributed by atoms with Crippen molar-refractivity contribution < 1.29 is 9.53 Å². The lowest BCUT2D eigenvalue weighted by Crippen LogP contribution is -2.44. The highest BCUT2D eigenvalue weighted by Gasteiger charge is 2.29. The molecule has 0 aromatic carbocycles. The van der Waals surface area contributed by atoms with Crippen LogP contribution in [0.1, 0.15) is 41.0 Å². The topological polar surface area (TPSA) is 67.4 Å². The third-order valence-corrected chi connectivity index (χ3v) is 2.95. The molecule has 1 rings (SSSR count). The Morgan fingerprint density at radius 3 is 2.42 bits per heavy atom. The van der Waals surface area contributed by atoms with Gasteiger partial charge < -0.3 is 20.7 Å². The summed E-state index contributed by atoms with van der Waals surface area (Å²) in [5.41, 5.74) is 5.06. The average Bonchev–Trinajstić information content (AvgIpc) is 2.93. The number of nitrogens with one attached hydrogen (secondary N) is 1. The van der Waals surface area contributed by atoms with Gasteiger partial charge in [-0.3, -0.25) is 0 Å². The van der Waals surface area contributed by atoms with Crippen LogP contribution in [0.3, 0.4) is 0 Å². The smallest absolute Gasteiger partial charge is 0.407 e. The molecule has 0 saturated carbocycles. The van der Waals surface area contributed by atoms with E-state index in [2.05, 4.69) is 17.1 Å². The van der Waals surface area contributed by atoms with E-state index in [4.69, 9.17) is 10.5 Å². The van der Waals surface area contributed by atoms with E-state index in [1.807, 2.05) is 27.7 Å². The van der Waals surface area contributed by atoms with Gasteiger partial charge in [-0.15, -0.1) is 0 Å². The van der Waals surface area contributed by atoms with Crippen molar-refractivity contribution in [2.75, 3.05) is 26.2 Å². The molecule has 3 N–H and O–H groups in total. The van der Waals surface area contributed by atoms with Gasteiger partial charge in [0.25, 0.3) is 0 Å². The quantitative estimate of drug-likeness (QED) is 0.690. The van der Waals surface area contributed by atoms with Crippen LogP contribution in [0.5, 0.6) is 0 Å². The zero-order chi connectivity index (χ0) is 14.7. The molecule has 1 atom stereocenters. The summed E-state index contributed by atoms with van der Waals surface area (Å²) < 4.78 is 5.44. The van der Waals surface area contributed by atoms with Gasteiger partial charge in [-0.25, -0.2) is 4.79 Å². The molecule has 5 heteroatoms. The van der Waals surface area contributed by atoms with Gasteiger partial charge in [0, 0.05) is 38.1 Å². The summed E-state index contributed by atoms with van der Waals surface area (Å²) in [7, 11) is 0. The normalized spacial score (nSPS) is 18.0. The van der Waals surface area contributed by atoms with Gasteiger partial charge >= 0.3 is 6.09 Å². The standard InChI is InChI=1S/C14H29N3O2/c1-11(9-17-6-7-17)8-16-12(18)19-14(4,5)10-13(2,3)15/h11H,6-10,15H2,1-5H3,(H,16,18). The largest absolute Gasteiger partial charge is 0.443 e. The number of hydrogen-bond acceptors (Lipinski definition) is 4. The van der Waals surface area contributed by atoms with Crippen molar-refractivity contribution in [1.29, 1.82) is 0 Å². The van der Waals surface area contributed by atoms with Crippen molar-refractivity contribution in [3.8, 4) is 0 Å². The van der Waals surface area contributed by atoms with E-state index in [1.54, 1.807) is 0 Å². The third kappa shape index (κ3) is 8.06. The van der Waals surface area contributed by atoms with Crippen LogP contribution in [0.25, 0.3) is 0 Å². The number of carbonyl (C=O) groups is 1. The molecule has 0 bridgehead atoms. The predicted octanol–water partition coefficient (Wildman–Crippen LogP) is 1.57. The van der Waals surface area contributed by atoms with Gasteiger partial charge in [-0.1, -0.05) is 6.92 Å². The summed E-state index contributed by atoms with van der Waals surface area (Å²) in [5.74, 6) is 0.448. The predicted molar refractivity (Wildman–Crippen MR) is 77.1 cm³/mol. The van der Waals surface area contributed by atoms with Gasteiger partial charge in [-0.05, 0) is 33.6 Å². The van der Waals surface area contributed by atoms with Crippen molar-refractivity contribution in [3.63, 3.8) is 0 Å². The lowest BCUT2D eigenvalue weighted by Gasteiger charge is -2.32. The van der Waals surface area contributed by atoms with Crippen LogP contribution in [-0.2, 0) is 4.74 Å². The van der Waals surface area contributed by atoms with E-state index in [-0.39, 0.29) is 11.6 Å². The fraction of sp³-hybridized carbons (Fsp3) is 0.929. The second-order valence-corrected chi connectivity index (χ2v) is 7.10. The first kappa shape index (κ1) is 16.2. The Balaban J connectivity index is 2.25. The highest BCUT2D eigenvalue weighted by atomic mass is 16.6. The minimum Gasteiger partial charge on any atom is -0.443 e. The molecule has 0 aliphatic carbocycles. The molecule has 112 valence electrons. The Morgan fingerprint density at radius 2 is 1.95 bits per heavy atom. The lowest BCUT2D eigenvalue weighted by atomic mass is 9.90. The number of rotatable bonds is 7. The molecule has 1 unspecified atom stereocenters. The molecular weight excluding hydrogens is 242 g/mol. The second-order valence-electron chi connectivity index (χ2n) is 7.10. The number of ether oxygens (including phenoxy) is 1. The Bertz CT molecular complexity index is 306. The molecule has 1 saturated heterocycles. The average molecular weight is 271 g/mol. The number of nitrogens with zero attached hydrogens (tertiary/aromatic N) is 1. The first-order valence-corrected chi connectivity index (χ1v) is 7.05. The maximum absolute atomic E-state index is 11.8.